The summed E-state index contributed by atoms with van der Waals surface area (Å²) >= 11 is 5.87. The summed E-state index contributed by atoms with van der Waals surface area (Å²) in [6.45, 7) is 0. The van der Waals surface area contributed by atoms with E-state index in [9.17, 15) is 4.79 Å². The molecule has 1 aromatic rings. The standard InChI is InChI=1S/C14H16ClNO/c15-12-8-5-9-13(10-12)16-14(17)11-6-3-1-2-4-7-11/h5-6,8-10H,1-4,7H2,(H,16,17). The van der Waals surface area contributed by atoms with Crippen molar-refractivity contribution < 1.29 is 4.79 Å². The molecule has 3 heteroatoms. The number of hydrogen-bond donors (Lipinski definition) is 1. The zero-order valence-corrected chi connectivity index (χ0v) is 10.5. The summed E-state index contributed by atoms with van der Waals surface area (Å²) in [5.41, 5.74) is 1.66. The van der Waals surface area contributed by atoms with E-state index in [4.69, 9.17) is 11.6 Å². The Morgan fingerprint density at radius 2 is 2.12 bits per heavy atom. The van der Waals surface area contributed by atoms with Crippen LogP contribution in [0.3, 0.4) is 0 Å². The van der Waals surface area contributed by atoms with E-state index in [1.54, 1.807) is 12.1 Å². The van der Waals surface area contributed by atoms with Crippen molar-refractivity contribution in [3.63, 3.8) is 0 Å². The van der Waals surface area contributed by atoms with Crippen LogP contribution >= 0.6 is 11.6 Å². The molecule has 1 aliphatic rings. The molecule has 1 amide bonds. The zero-order valence-electron chi connectivity index (χ0n) is 9.71. The summed E-state index contributed by atoms with van der Waals surface area (Å²) < 4.78 is 0. The normalized spacial score (nSPS) is 15.9. The van der Waals surface area contributed by atoms with Gasteiger partial charge in [0.25, 0.3) is 5.91 Å². The van der Waals surface area contributed by atoms with Gasteiger partial charge in [0.1, 0.15) is 0 Å². The predicted molar refractivity (Wildman–Crippen MR) is 71.2 cm³/mol. The predicted octanol–water partition coefficient (Wildman–Crippen LogP) is 4.17. The molecule has 1 aliphatic carbocycles. The topological polar surface area (TPSA) is 29.1 Å². The van der Waals surface area contributed by atoms with Crippen LogP contribution in [0, 0.1) is 0 Å². The fourth-order valence-electron chi connectivity index (χ4n) is 2.00. The van der Waals surface area contributed by atoms with Crippen LogP contribution in [-0.4, -0.2) is 5.91 Å². The molecule has 0 heterocycles. The molecular formula is C14H16ClNO. The molecule has 2 rings (SSSR count). The van der Waals surface area contributed by atoms with E-state index in [0.717, 1.165) is 30.5 Å². The Hall–Kier alpha value is -1.28. The zero-order chi connectivity index (χ0) is 12.1. The van der Waals surface area contributed by atoms with E-state index in [-0.39, 0.29) is 5.91 Å². The Morgan fingerprint density at radius 1 is 1.24 bits per heavy atom. The van der Waals surface area contributed by atoms with Gasteiger partial charge in [-0.3, -0.25) is 4.79 Å². The third-order valence-corrected chi connectivity index (χ3v) is 3.15. The van der Waals surface area contributed by atoms with E-state index in [1.165, 1.54) is 12.8 Å². The Morgan fingerprint density at radius 3 is 2.94 bits per heavy atom. The molecular weight excluding hydrogens is 234 g/mol. The Balaban J connectivity index is 2.03. The molecule has 1 aromatic carbocycles. The molecule has 90 valence electrons. The van der Waals surface area contributed by atoms with Gasteiger partial charge in [0.05, 0.1) is 0 Å². The van der Waals surface area contributed by atoms with Crippen LogP contribution < -0.4 is 5.32 Å². The number of halogens is 1. The largest absolute Gasteiger partial charge is 0.322 e. The molecule has 0 saturated heterocycles. The molecule has 0 spiro atoms. The van der Waals surface area contributed by atoms with Gasteiger partial charge in [-0.05, 0) is 43.9 Å². The van der Waals surface area contributed by atoms with Crippen LogP contribution in [0.25, 0.3) is 0 Å². The van der Waals surface area contributed by atoms with Crippen LogP contribution in [0.15, 0.2) is 35.9 Å². The number of amides is 1. The first-order valence-electron chi connectivity index (χ1n) is 6.01. The van der Waals surface area contributed by atoms with Crippen molar-refractivity contribution in [3.05, 3.63) is 40.9 Å². The molecule has 0 aliphatic heterocycles. The van der Waals surface area contributed by atoms with Crippen molar-refractivity contribution in [2.45, 2.75) is 32.1 Å². The number of allylic oxidation sites excluding steroid dienone is 1. The number of benzene rings is 1. The third-order valence-electron chi connectivity index (χ3n) is 2.92. The SMILES string of the molecule is O=C(Nc1cccc(Cl)c1)C1=CCCCCC1. The van der Waals surface area contributed by atoms with Crippen molar-refractivity contribution in [2.75, 3.05) is 5.32 Å². The van der Waals surface area contributed by atoms with Crippen LogP contribution in [0.2, 0.25) is 5.02 Å². The number of anilines is 1. The fraction of sp³-hybridized carbons (Fsp3) is 0.357. The highest BCUT2D eigenvalue weighted by atomic mass is 35.5. The van der Waals surface area contributed by atoms with Gasteiger partial charge in [-0.25, -0.2) is 0 Å². The highest BCUT2D eigenvalue weighted by Crippen LogP contribution is 2.20. The van der Waals surface area contributed by atoms with Gasteiger partial charge >= 0.3 is 0 Å². The molecule has 0 bridgehead atoms. The number of carbonyl (C=O) groups excluding carboxylic acids is 1. The highest BCUT2D eigenvalue weighted by molar-refractivity contribution is 6.30. The average molecular weight is 250 g/mol. The lowest BCUT2D eigenvalue weighted by atomic mass is 10.1. The quantitative estimate of drug-likeness (QED) is 0.838. The molecule has 17 heavy (non-hydrogen) atoms. The van der Waals surface area contributed by atoms with Crippen molar-refractivity contribution in [1.29, 1.82) is 0 Å². The second-order valence-electron chi connectivity index (χ2n) is 4.29. The molecule has 0 aromatic heterocycles. The molecule has 0 fully saturated rings. The summed E-state index contributed by atoms with van der Waals surface area (Å²) in [6.07, 6.45) is 7.46. The van der Waals surface area contributed by atoms with E-state index in [2.05, 4.69) is 11.4 Å². The van der Waals surface area contributed by atoms with E-state index >= 15 is 0 Å². The Labute approximate surface area is 107 Å². The lowest BCUT2D eigenvalue weighted by molar-refractivity contribution is -0.113. The van der Waals surface area contributed by atoms with E-state index < -0.39 is 0 Å². The minimum absolute atomic E-state index is 0.00849. The van der Waals surface area contributed by atoms with Crippen LogP contribution in [0.1, 0.15) is 32.1 Å². The second-order valence-corrected chi connectivity index (χ2v) is 4.73. The molecule has 0 radical (unpaired) electrons. The van der Waals surface area contributed by atoms with Crippen LogP contribution in [0.4, 0.5) is 5.69 Å². The van der Waals surface area contributed by atoms with Gasteiger partial charge in [0.15, 0.2) is 0 Å². The second kappa shape index (κ2) is 5.87. The van der Waals surface area contributed by atoms with Crippen molar-refractivity contribution >= 4 is 23.2 Å². The van der Waals surface area contributed by atoms with Gasteiger partial charge in [-0.1, -0.05) is 30.2 Å². The highest BCUT2D eigenvalue weighted by Gasteiger charge is 2.11. The smallest absolute Gasteiger partial charge is 0.251 e. The summed E-state index contributed by atoms with van der Waals surface area (Å²) in [5, 5.41) is 3.53. The van der Waals surface area contributed by atoms with Gasteiger partial charge in [0.2, 0.25) is 0 Å². The molecule has 0 atom stereocenters. The van der Waals surface area contributed by atoms with Crippen molar-refractivity contribution in [2.24, 2.45) is 0 Å². The monoisotopic (exact) mass is 249 g/mol. The van der Waals surface area contributed by atoms with Crippen molar-refractivity contribution in [1.82, 2.24) is 0 Å². The number of carbonyl (C=O) groups is 1. The molecule has 1 N–H and O–H groups in total. The summed E-state index contributed by atoms with van der Waals surface area (Å²) in [7, 11) is 0. The van der Waals surface area contributed by atoms with Gasteiger partial charge in [-0.15, -0.1) is 0 Å². The number of rotatable bonds is 2. The number of nitrogens with one attached hydrogen (secondary N) is 1. The van der Waals surface area contributed by atoms with Crippen LogP contribution in [-0.2, 0) is 4.79 Å². The third kappa shape index (κ3) is 3.60. The fourth-order valence-corrected chi connectivity index (χ4v) is 2.19. The Bertz CT molecular complexity index is 440. The maximum atomic E-state index is 12.0. The lowest BCUT2D eigenvalue weighted by Crippen LogP contribution is -2.14. The summed E-state index contributed by atoms with van der Waals surface area (Å²) in [6, 6.07) is 7.24. The van der Waals surface area contributed by atoms with E-state index in [0.29, 0.717) is 5.02 Å². The first-order valence-corrected chi connectivity index (χ1v) is 6.39. The van der Waals surface area contributed by atoms with Crippen molar-refractivity contribution in [3.8, 4) is 0 Å². The van der Waals surface area contributed by atoms with E-state index in [1.807, 2.05) is 12.1 Å². The number of hydrogen-bond acceptors (Lipinski definition) is 1. The summed E-state index contributed by atoms with van der Waals surface area (Å²) in [4.78, 5) is 12.0. The van der Waals surface area contributed by atoms with Gasteiger partial charge < -0.3 is 5.32 Å². The average Bonchev–Trinajstić information content (AvgIpc) is 2.57. The first-order chi connectivity index (χ1) is 8.25. The molecule has 0 unspecified atom stereocenters. The molecule has 2 nitrogen and oxygen atoms in total. The summed E-state index contributed by atoms with van der Waals surface area (Å²) in [5.74, 6) is 0.00849. The lowest BCUT2D eigenvalue weighted by Gasteiger charge is -2.07. The first kappa shape index (κ1) is 12.2. The Kier molecular flexibility index (Phi) is 4.21. The maximum absolute atomic E-state index is 12.0. The molecule has 0 saturated carbocycles. The van der Waals surface area contributed by atoms with Gasteiger partial charge in [0, 0.05) is 16.3 Å². The maximum Gasteiger partial charge on any atom is 0.251 e. The minimum Gasteiger partial charge on any atom is -0.322 e. The minimum atomic E-state index is 0.00849. The van der Waals surface area contributed by atoms with Gasteiger partial charge in [-0.2, -0.15) is 0 Å². The van der Waals surface area contributed by atoms with Crippen LogP contribution in [0.5, 0.6) is 0 Å².